The quantitative estimate of drug-likeness (QED) is 0.743. The van der Waals surface area contributed by atoms with E-state index in [9.17, 15) is 19.1 Å². The highest BCUT2D eigenvalue weighted by atomic mass is 19.1. The van der Waals surface area contributed by atoms with Crippen LogP contribution < -0.4 is 5.43 Å². The predicted molar refractivity (Wildman–Crippen MR) is 100 cm³/mol. The Morgan fingerprint density at radius 1 is 1.19 bits per heavy atom. The minimum absolute atomic E-state index is 0.0728. The van der Waals surface area contributed by atoms with Crippen LogP contribution in [-0.2, 0) is 5.54 Å². The lowest BCUT2D eigenvalue weighted by atomic mass is 9.97. The van der Waals surface area contributed by atoms with Crippen LogP contribution in [0.25, 0.3) is 22.0 Å². The lowest BCUT2D eigenvalue weighted by Crippen LogP contribution is -2.29. The van der Waals surface area contributed by atoms with Gasteiger partial charge in [0.25, 0.3) is 0 Å². The van der Waals surface area contributed by atoms with Gasteiger partial charge in [0.2, 0.25) is 5.43 Å². The molecule has 0 aliphatic carbocycles. The molecule has 1 N–H and O–H groups in total. The highest BCUT2D eigenvalue weighted by molar-refractivity contribution is 5.94. The summed E-state index contributed by atoms with van der Waals surface area (Å²) in [6, 6.07) is 11.8. The first-order chi connectivity index (χ1) is 12.3. The summed E-state index contributed by atoms with van der Waals surface area (Å²) in [4.78, 5) is 24.1. The van der Waals surface area contributed by atoms with E-state index in [0.29, 0.717) is 23.1 Å². The summed E-state index contributed by atoms with van der Waals surface area (Å²) in [5, 5.41) is 9.46. The molecule has 0 atom stereocenters. The number of pyridine rings is 1. The first-order valence-corrected chi connectivity index (χ1v) is 8.44. The van der Waals surface area contributed by atoms with Crippen molar-refractivity contribution < 1.29 is 14.3 Å². The average Bonchev–Trinajstić information content (AvgIpc) is 2.62. The normalized spacial score (nSPS) is 11.7. The summed E-state index contributed by atoms with van der Waals surface area (Å²) in [6.45, 7) is 5.88. The van der Waals surface area contributed by atoms with E-state index in [1.54, 1.807) is 22.8 Å². The molecular formula is C21H20FNO3. The molecule has 3 rings (SSSR count). The Morgan fingerprint density at radius 2 is 1.85 bits per heavy atom. The lowest BCUT2D eigenvalue weighted by Gasteiger charge is -2.29. The second kappa shape index (κ2) is 6.41. The van der Waals surface area contributed by atoms with E-state index in [-0.39, 0.29) is 10.9 Å². The van der Waals surface area contributed by atoms with Gasteiger partial charge in [-0.15, -0.1) is 0 Å². The molecule has 1 aromatic heterocycles. The molecule has 1 heterocycles. The topological polar surface area (TPSA) is 59.3 Å². The van der Waals surface area contributed by atoms with Crippen LogP contribution in [0.4, 0.5) is 4.39 Å². The van der Waals surface area contributed by atoms with E-state index in [1.807, 2.05) is 39.0 Å². The molecule has 0 saturated heterocycles. The van der Waals surface area contributed by atoms with Crippen molar-refractivity contribution in [3.63, 3.8) is 0 Å². The van der Waals surface area contributed by atoms with Gasteiger partial charge in [-0.05, 0) is 38.0 Å². The van der Waals surface area contributed by atoms with Gasteiger partial charge in [-0.25, -0.2) is 9.18 Å². The second-order valence-electron chi connectivity index (χ2n) is 6.93. The standard InChI is InChI=1S/C21H20FNO3/c1-4-21(2,3)23-12-16(20(25)26)19(24)15-10-17(22)14(11-18(15)23)13-8-6-5-7-9-13/h5-12H,4H2,1-3H3,(H,25,26). The maximum atomic E-state index is 14.7. The van der Waals surface area contributed by atoms with Gasteiger partial charge in [0, 0.05) is 22.7 Å². The number of aromatic carboxylic acids is 1. The van der Waals surface area contributed by atoms with Gasteiger partial charge in [0.05, 0.1) is 5.52 Å². The zero-order valence-corrected chi connectivity index (χ0v) is 14.9. The predicted octanol–water partition coefficient (Wildman–Crippen LogP) is 4.65. The molecule has 0 aliphatic heterocycles. The van der Waals surface area contributed by atoms with Crippen LogP contribution in [0, 0.1) is 5.82 Å². The minimum Gasteiger partial charge on any atom is -0.477 e. The summed E-state index contributed by atoms with van der Waals surface area (Å²) in [7, 11) is 0. The number of rotatable bonds is 4. The zero-order valence-electron chi connectivity index (χ0n) is 14.9. The van der Waals surface area contributed by atoms with Crippen molar-refractivity contribution in [1.82, 2.24) is 4.57 Å². The fourth-order valence-corrected chi connectivity index (χ4v) is 3.01. The van der Waals surface area contributed by atoms with E-state index < -0.39 is 22.8 Å². The van der Waals surface area contributed by atoms with Crippen molar-refractivity contribution in [2.24, 2.45) is 0 Å². The van der Waals surface area contributed by atoms with Crippen LogP contribution in [0.1, 0.15) is 37.6 Å². The first kappa shape index (κ1) is 17.9. The fraction of sp³-hybridized carbons (Fsp3) is 0.238. The molecule has 4 nitrogen and oxygen atoms in total. The molecule has 0 amide bonds. The summed E-state index contributed by atoms with van der Waals surface area (Å²) >= 11 is 0. The molecule has 0 saturated carbocycles. The van der Waals surface area contributed by atoms with Crippen molar-refractivity contribution in [3.8, 4) is 11.1 Å². The van der Waals surface area contributed by atoms with Gasteiger partial charge in [-0.1, -0.05) is 37.3 Å². The number of hydrogen-bond acceptors (Lipinski definition) is 2. The molecule has 134 valence electrons. The first-order valence-electron chi connectivity index (χ1n) is 8.44. The smallest absolute Gasteiger partial charge is 0.341 e. The molecule has 2 aromatic carbocycles. The van der Waals surface area contributed by atoms with Gasteiger partial charge in [-0.3, -0.25) is 4.79 Å². The largest absolute Gasteiger partial charge is 0.477 e. The number of carboxylic acids is 1. The van der Waals surface area contributed by atoms with Crippen molar-refractivity contribution in [1.29, 1.82) is 0 Å². The van der Waals surface area contributed by atoms with Crippen molar-refractivity contribution >= 4 is 16.9 Å². The van der Waals surface area contributed by atoms with Crippen molar-refractivity contribution in [3.05, 3.63) is 70.3 Å². The number of hydrogen-bond donors (Lipinski definition) is 1. The summed E-state index contributed by atoms with van der Waals surface area (Å²) < 4.78 is 16.5. The van der Waals surface area contributed by atoms with Gasteiger partial charge in [0.15, 0.2) is 0 Å². The van der Waals surface area contributed by atoms with Gasteiger partial charge >= 0.3 is 5.97 Å². The number of fused-ring (bicyclic) bond motifs is 1. The van der Waals surface area contributed by atoms with Crippen LogP contribution >= 0.6 is 0 Å². The summed E-state index contributed by atoms with van der Waals surface area (Å²) in [6.07, 6.45) is 2.07. The van der Waals surface area contributed by atoms with E-state index in [2.05, 4.69) is 0 Å². The SMILES string of the molecule is CCC(C)(C)n1cc(C(=O)O)c(=O)c2cc(F)c(-c3ccccc3)cc21. The minimum atomic E-state index is -1.31. The van der Waals surface area contributed by atoms with E-state index in [4.69, 9.17) is 0 Å². The highest BCUT2D eigenvalue weighted by Crippen LogP contribution is 2.30. The van der Waals surface area contributed by atoms with E-state index in [0.717, 1.165) is 6.07 Å². The molecule has 0 bridgehead atoms. The van der Waals surface area contributed by atoms with Crippen LogP contribution in [-0.4, -0.2) is 15.6 Å². The Morgan fingerprint density at radius 3 is 2.42 bits per heavy atom. The Bertz CT molecular complexity index is 1050. The lowest BCUT2D eigenvalue weighted by molar-refractivity contribution is 0.0694. The number of carboxylic acid groups (broad SMARTS) is 1. The molecule has 5 heteroatoms. The number of carbonyl (C=O) groups is 1. The van der Waals surface area contributed by atoms with Crippen LogP contribution in [0.5, 0.6) is 0 Å². The zero-order chi connectivity index (χ0) is 19.1. The van der Waals surface area contributed by atoms with Gasteiger partial charge in [-0.2, -0.15) is 0 Å². The number of nitrogens with zero attached hydrogens (tertiary/aromatic N) is 1. The second-order valence-corrected chi connectivity index (χ2v) is 6.93. The third-order valence-electron chi connectivity index (χ3n) is 4.92. The molecule has 0 unspecified atom stereocenters. The van der Waals surface area contributed by atoms with Crippen molar-refractivity contribution in [2.75, 3.05) is 0 Å². The maximum Gasteiger partial charge on any atom is 0.341 e. The van der Waals surface area contributed by atoms with Crippen LogP contribution in [0.2, 0.25) is 0 Å². The van der Waals surface area contributed by atoms with Crippen LogP contribution in [0.15, 0.2) is 53.5 Å². The summed E-state index contributed by atoms with van der Waals surface area (Å²) in [5.74, 6) is -1.87. The summed E-state index contributed by atoms with van der Waals surface area (Å²) in [5.41, 5.74) is 0.123. The third-order valence-corrected chi connectivity index (χ3v) is 4.92. The third kappa shape index (κ3) is 2.90. The molecule has 0 aliphatic rings. The fourth-order valence-electron chi connectivity index (χ4n) is 3.01. The Balaban J connectivity index is 2.45. The van der Waals surface area contributed by atoms with E-state index >= 15 is 0 Å². The Labute approximate surface area is 150 Å². The Hall–Kier alpha value is -2.95. The number of benzene rings is 2. The maximum absolute atomic E-state index is 14.7. The monoisotopic (exact) mass is 353 g/mol. The molecule has 0 fully saturated rings. The Kier molecular flexibility index (Phi) is 4.40. The van der Waals surface area contributed by atoms with Gasteiger partial charge < -0.3 is 9.67 Å². The van der Waals surface area contributed by atoms with Gasteiger partial charge in [0.1, 0.15) is 11.4 Å². The van der Waals surface area contributed by atoms with Crippen LogP contribution in [0.3, 0.4) is 0 Å². The molecule has 0 spiro atoms. The highest BCUT2D eigenvalue weighted by Gasteiger charge is 2.24. The number of aromatic nitrogens is 1. The molecule has 26 heavy (non-hydrogen) atoms. The molecular weight excluding hydrogens is 333 g/mol. The van der Waals surface area contributed by atoms with E-state index in [1.165, 1.54) is 6.20 Å². The molecule has 0 radical (unpaired) electrons. The molecule has 3 aromatic rings. The number of halogens is 1. The average molecular weight is 353 g/mol. The van der Waals surface area contributed by atoms with Crippen molar-refractivity contribution in [2.45, 2.75) is 32.7 Å².